The molecule has 0 atom stereocenters. The molecule has 1 heterocycles. The Morgan fingerprint density at radius 3 is 2.41 bits per heavy atom. The van der Waals surface area contributed by atoms with Crippen molar-refractivity contribution in [1.29, 1.82) is 0 Å². The van der Waals surface area contributed by atoms with Gasteiger partial charge in [-0.2, -0.15) is 0 Å². The second kappa shape index (κ2) is 3.69. The van der Waals surface area contributed by atoms with Crippen molar-refractivity contribution in [3.8, 4) is 0 Å². The zero-order valence-electron chi connectivity index (χ0n) is 9.12. The van der Waals surface area contributed by atoms with Crippen LogP contribution in [-0.2, 0) is 26.5 Å². The summed E-state index contributed by atoms with van der Waals surface area (Å²) in [5.74, 6) is 0. The Bertz CT molecular complexity index is 664. The maximum absolute atomic E-state index is 11.5. The van der Waals surface area contributed by atoms with Gasteiger partial charge >= 0.3 is 0 Å². The lowest BCUT2D eigenvalue weighted by molar-refractivity contribution is 0.595. The van der Waals surface area contributed by atoms with E-state index in [9.17, 15) is 16.8 Å². The highest BCUT2D eigenvalue weighted by molar-refractivity contribution is 7.92. The van der Waals surface area contributed by atoms with Crippen LogP contribution < -0.4 is 9.44 Å². The molecule has 1 aliphatic rings. The molecule has 0 unspecified atom stereocenters. The molecule has 1 aliphatic heterocycles. The van der Waals surface area contributed by atoms with Crippen LogP contribution in [0.25, 0.3) is 0 Å². The number of anilines is 1. The number of nitrogens with zero attached hydrogens (tertiary/aromatic N) is 1. The number of rotatable bonds is 2. The number of nitrogens with two attached hydrogens (primary N) is 1. The van der Waals surface area contributed by atoms with E-state index in [-0.39, 0.29) is 4.90 Å². The molecule has 17 heavy (non-hydrogen) atoms. The van der Waals surface area contributed by atoms with Crippen LogP contribution in [0, 0.1) is 0 Å². The molecular weight excluding hydrogens is 264 g/mol. The largest absolute Gasteiger partial charge is 0.270 e. The van der Waals surface area contributed by atoms with E-state index >= 15 is 0 Å². The molecular formula is C9H12N2O4S2. The third kappa shape index (κ3) is 2.28. The van der Waals surface area contributed by atoms with Gasteiger partial charge in [-0.25, -0.2) is 22.0 Å². The highest BCUT2D eigenvalue weighted by Gasteiger charge is 2.27. The Labute approximate surface area is 100 Å². The predicted molar refractivity (Wildman–Crippen MR) is 63.7 cm³/mol. The quantitative estimate of drug-likeness (QED) is 0.798. The molecule has 0 amide bonds. The molecule has 2 rings (SSSR count). The molecule has 0 saturated heterocycles. The maximum Gasteiger partial charge on any atom is 0.238 e. The lowest BCUT2D eigenvalue weighted by Crippen LogP contribution is -2.27. The molecule has 94 valence electrons. The van der Waals surface area contributed by atoms with Crippen LogP contribution >= 0.6 is 0 Å². The van der Waals surface area contributed by atoms with Crippen LogP contribution in [0.15, 0.2) is 23.1 Å². The summed E-state index contributed by atoms with van der Waals surface area (Å²) >= 11 is 0. The molecule has 0 fully saturated rings. The molecule has 0 saturated carbocycles. The molecule has 2 N–H and O–H groups in total. The molecule has 0 aromatic heterocycles. The fourth-order valence-electron chi connectivity index (χ4n) is 1.85. The summed E-state index contributed by atoms with van der Waals surface area (Å²) in [5.41, 5.74) is 1.21. The van der Waals surface area contributed by atoms with Gasteiger partial charge in [-0.05, 0) is 24.1 Å². The van der Waals surface area contributed by atoms with Gasteiger partial charge < -0.3 is 0 Å². The van der Waals surface area contributed by atoms with Gasteiger partial charge in [0.15, 0.2) is 0 Å². The Hall–Kier alpha value is -1.12. The van der Waals surface area contributed by atoms with Gasteiger partial charge in [-0.15, -0.1) is 0 Å². The summed E-state index contributed by atoms with van der Waals surface area (Å²) in [6.07, 6.45) is 1.67. The van der Waals surface area contributed by atoms with Crippen molar-refractivity contribution in [1.82, 2.24) is 0 Å². The van der Waals surface area contributed by atoms with Crippen molar-refractivity contribution >= 4 is 25.7 Å². The van der Waals surface area contributed by atoms with Crippen molar-refractivity contribution in [3.63, 3.8) is 0 Å². The fraction of sp³-hybridized carbons (Fsp3) is 0.333. The highest BCUT2D eigenvalue weighted by Crippen LogP contribution is 2.31. The topological polar surface area (TPSA) is 97.5 Å². The first kappa shape index (κ1) is 12.3. The first-order chi connectivity index (χ1) is 7.69. The number of sulfonamides is 2. The highest BCUT2D eigenvalue weighted by atomic mass is 32.2. The summed E-state index contributed by atoms with van der Waals surface area (Å²) in [4.78, 5) is -0.0770. The number of fused-ring (bicyclic) bond motifs is 1. The normalized spacial score (nSPS) is 16.0. The van der Waals surface area contributed by atoms with E-state index in [2.05, 4.69) is 0 Å². The van der Waals surface area contributed by atoms with Crippen LogP contribution in [0.1, 0.15) is 5.56 Å². The van der Waals surface area contributed by atoms with Gasteiger partial charge in [0.25, 0.3) is 0 Å². The summed E-state index contributed by atoms with van der Waals surface area (Å²) in [5, 5.41) is 5.01. The van der Waals surface area contributed by atoms with Crippen molar-refractivity contribution in [3.05, 3.63) is 23.8 Å². The van der Waals surface area contributed by atoms with Gasteiger partial charge in [-0.1, -0.05) is 6.07 Å². The Morgan fingerprint density at radius 1 is 1.24 bits per heavy atom. The van der Waals surface area contributed by atoms with Crippen LogP contribution in [0.4, 0.5) is 5.69 Å². The third-order valence-electron chi connectivity index (χ3n) is 2.64. The number of hydrogen-bond donors (Lipinski definition) is 1. The first-order valence-corrected chi connectivity index (χ1v) is 8.22. The van der Waals surface area contributed by atoms with Gasteiger partial charge in [0.05, 0.1) is 16.8 Å². The van der Waals surface area contributed by atoms with Crippen LogP contribution in [0.5, 0.6) is 0 Å². The smallest absolute Gasteiger partial charge is 0.238 e. The zero-order valence-corrected chi connectivity index (χ0v) is 10.8. The standard InChI is InChI=1S/C9H12N2O4S2/c1-16(12,13)11-5-4-7-2-3-8(6-9(7)11)17(10,14)15/h2-3,6H,4-5H2,1H3,(H2,10,14,15). The number of primary sulfonamides is 1. The predicted octanol–water partition coefficient (Wildman–Crippen LogP) is -0.344. The van der Waals surface area contributed by atoms with Gasteiger partial charge in [-0.3, -0.25) is 4.31 Å². The van der Waals surface area contributed by atoms with E-state index in [0.29, 0.717) is 18.7 Å². The number of hydrogen-bond acceptors (Lipinski definition) is 4. The van der Waals surface area contributed by atoms with Crippen molar-refractivity contribution in [2.75, 3.05) is 17.1 Å². The Kier molecular flexibility index (Phi) is 2.68. The zero-order chi connectivity index (χ0) is 12.8. The average Bonchev–Trinajstić information content (AvgIpc) is 2.57. The van der Waals surface area contributed by atoms with E-state index in [4.69, 9.17) is 5.14 Å². The molecule has 1 aromatic carbocycles. The van der Waals surface area contributed by atoms with Gasteiger partial charge in [0.1, 0.15) is 0 Å². The molecule has 6 nitrogen and oxygen atoms in total. The van der Waals surface area contributed by atoms with Crippen molar-refractivity contribution in [2.45, 2.75) is 11.3 Å². The van der Waals surface area contributed by atoms with E-state index in [1.54, 1.807) is 6.07 Å². The fourth-order valence-corrected chi connectivity index (χ4v) is 3.33. The average molecular weight is 276 g/mol. The van der Waals surface area contributed by atoms with E-state index in [1.807, 2.05) is 0 Å². The summed E-state index contributed by atoms with van der Waals surface area (Å²) in [7, 11) is -7.20. The van der Waals surface area contributed by atoms with Crippen molar-refractivity contribution in [2.24, 2.45) is 5.14 Å². The molecule has 8 heteroatoms. The van der Waals surface area contributed by atoms with E-state index in [1.165, 1.54) is 16.4 Å². The minimum absolute atomic E-state index is 0.0770. The minimum Gasteiger partial charge on any atom is -0.270 e. The number of benzene rings is 1. The second-order valence-corrected chi connectivity index (χ2v) is 7.39. The summed E-state index contributed by atoms with van der Waals surface area (Å²) in [6, 6.07) is 4.29. The lowest BCUT2D eigenvalue weighted by Gasteiger charge is -2.16. The SMILES string of the molecule is CS(=O)(=O)N1CCc2ccc(S(N)(=O)=O)cc21. The van der Waals surface area contributed by atoms with Crippen LogP contribution in [-0.4, -0.2) is 29.6 Å². The van der Waals surface area contributed by atoms with Crippen LogP contribution in [0.2, 0.25) is 0 Å². The lowest BCUT2D eigenvalue weighted by atomic mass is 10.2. The molecule has 0 radical (unpaired) electrons. The molecule has 0 aliphatic carbocycles. The Morgan fingerprint density at radius 2 is 1.88 bits per heavy atom. The maximum atomic E-state index is 11.5. The third-order valence-corrected chi connectivity index (χ3v) is 4.73. The minimum atomic E-state index is -3.81. The van der Waals surface area contributed by atoms with Crippen molar-refractivity contribution < 1.29 is 16.8 Å². The summed E-state index contributed by atoms with van der Waals surface area (Å²) < 4.78 is 46.6. The van der Waals surface area contributed by atoms with E-state index < -0.39 is 20.0 Å². The Balaban J connectivity index is 2.60. The van der Waals surface area contributed by atoms with Crippen LogP contribution in [0.3, 0.4) is 0 Å². The monoisotopic (exact) mass is 276 g/mol. The van der Waals surface area contributed by atoms with Gasteiger partial charge in [0, 0.05) is 6.54 Å². The first-order valence-electron chi connectivity index (χ1n) is 4.83. The molecule has 0 spiro atoms. The molecule has 1 aromatic rings. The summed E-state index contributed by atoms with van der Waals surface area (Å²) in [6.45, 7) is 0.336. The van der Waals surface area contributed by atoms with Gasteiger partial charge in [0.2, 0.25) is 20.0 Å². The second-order valence-electron chi connectivity index (χ2n) is 3.92. The molecule has 0 bridgehead atoms. The van der Waals surface area contributed by atoms with E-state index in [0.717, 1.165) is 11.8 Å².